The van der Waals surface area contributed by atoms with Crippen molar-refractivity contribution in [1.29, 1.82) is 0 Å². The number of aromatic nitrogens is 1. The van der Waals surface area contributed by atoms with Crippen molar-refractivity contribution in [2.45, 2.75) is 18.0 Å². The predicted octanol–water partition coefficient (Wildman–Crippen LogP) is 0.0481. The first-order chi connectivity index (χ1) is 9.91. The molecule has 0 saturated carbocycles. The van der Waals surface area contributed by atoms with Gasteiger partial charge in [0.15, 0.2) is 14.9 Å². The molecule has 8 heteroatoms. The maximum atomic E-state index is 12.2. The van der Waals surface area contributed by atoms with Crippen molar-refractivity contribution in [2.75, 3.05) is 31.3 Å². The standard InChI is InChI=1S/C13H19N3O4S/c1-3-14-11-8-20-7-10(11)13(17)16-9-4-5-12(15-6-9)21(2,18)19/h4-6,10-11,14H,3,7-8H2,1-2H3,(H,16,17). The molecule has 21 heavy (non-hydrogen) atoms. The van der Waals surface area contributed by atoms with Gasteiger partial charge in [-0.2, -0.15) is 0 Å². The zero-order valence-corrected chi connectivity index (χ0v) is 12.8. The Morgan fingerprint density at radius 2 is 2.19 bits per heavy atom. The molecule has 1 fully saturated rings. The maximum Gasteiger partial charge on any atom is 0.231 e. The molecule has 1 amide bonds. The molecule has 2 N–H and O–H groups in total. The lowest BCUT2D eigenvalue weighted by atomic mass is 10.0. The number of carbonyl (C=O) groups is 1. The van der Waals surface area contributed by atoms with Crippen molar-refractivity contribution in [3.8, 4) is 0 Å². The van der Waals surface area contributed by atoms with E-state index in [0.29, 0.717) is 18.9 Å². The van der Waals surface area contributed by atoms with Crippen LogP contribution in [0.15, 0.2) is 23.4 Å². The van der Waals surface area contributed by atoms with E-state index in [2.05, 4.69) is 15.6 Å². The molecule has 0 aromatic carbocycles. The van der Waals surface area contributed by atoms with Gasteiger partial charge < -0.3 is 15.4 Å². The first kappa shape index (κ1) is 15.9. The van der Waals surface area contributed by atoms with E-state index < -0.39 is 9.84 Å². The molecule has 7 nitrogen and oxygen atoms in total. The lowest BCUT2D eigenvalue weighted by molar-refractivity contribution is -0.120. The highest BCUT2D eigenvalue weighted by molar-refractivity contribution is 7.90. The summed E-state index contributed by atoms with van der Waals surface area (Å²) in [4.78, 5) is 16.0. The number of pyridine rings is 1. The highest BCUT2D eigenvalue weighted by Gasteiger charge is 2.33. The van der Waals surface area contributed by atoms with Crippen LogP contribution in [0.3, 0.4) is 0 Å². The Morgan fingerprint density at radius 3 is 2.76 bits per heavy atom. The molecule has 1 aliphatic rings. The SMILES string of the molecule is CCNC1COCC1C(=O)Nc1ccc(S(C)(=O)=O)nc1. The van der Waals surface area contributed by atoms with Gasteiger partial charge in [0, 0.05) is 12.3 Å². The Morgan fingerprint density at radius 1 is 1.43 bits per heavy atom. The molecule has 2 heterocycles. The average Bonchev–Trinajstić information content (AvgIpc) is 2.87. The molecule has 0 aliphatic carbocycles. The lowest BCUT2D eigenvalue weighted by Gasteiger charge is -2.17. The summed E-state index contributed by atoms with van der Waals surface area (Å²) in [6.45, 7) is 3.62. The minimum Gasteiger partial charge on any atom is -0.379 e. The van der Waals surface area contributed by atoms with Crippen LogP contribution >= 0.6 is 0 Å². The Kier molecular flexibility index (Phi) is 4.92. The minimum atomic E-state index is -3.33. The summed E-state index contributed by atoms with van der Waals surface area (Å²) in [5.74, 6) is -0.424. The fourth-order valence-electron chi connectivity index (χ4n) is 2.18. The number of ether oxygens (including phenoxy) is 1. The molecular weight excluding hydrogens is 294 g/mol. The number of likely N-dealkylation sites (N-methyl/N-ethyl adjacent to an activating group) is 1. The Balaban J connectivity index is 2.02. The third-order valence-electron chi connectivity index (χ3n) is 3.27. The van der Waals surface area contributed by atoms with Gasteiger partial charge in [-0.3, -0.25) is 4.79 Å². The number of sulfone groups is 1. The number of rotatable bonds is 5. The van der Waals surface area contributed by atoms with Crippen LogP contribution in [0.1, 0.15) is 6.92 Å². The first-order valence-corrected chi connectivity index (χ1v) is 8.59. The van der Waals surface area contributed by atoms with Crippen LogP contribution in [0.4, 0.5) is 5.69 Å². The highest BCUT2D eigenvalue weighted by Crippen LogP contribution is 2.17. The number of nitrogens with zero attached hydrogens (tertiary/aromatic N) is 1. The molecule has 1 aromatic rings. The zero-order chi connectivity index (χ0) is 15.5. The Bertz CT molecular complexity index is 600. The smallest absolute Gasteiger partial charge is 0.231 e. The Hall–Kier alpha value is -1.51. The van der Waals surface area contributed by atoms with E-state index in [4.69, 9.17) is 4.74 Å². The van der Waals surface area contributed by atoms with Crippen LogP contribution in [0.2, 0.25) is 0 Å². The van der Waals surface area contributed by atoms with E-state index in [1.807, 2.05) is 6.92 Å². The second kappa shape index (κ2) is 6.50. The molecule has 1 aliphatic heterocycles. The second-order valence-electron chi connectivity index (χ2n) is 4.95. The van der Waals surface area contributed by atoms with E-state index in [1.54, 1.807) is 0 Å². The van der Waals surface area contributed by atoms with Gasteiger partial charge in [-0.25, -0.2) is 13.4 Å². The van der Waals surface area contributed by atoms with E-state index in [9.17, 15) is 13.2 Å². The van der Waals surface area contributed by atoms with Gasteiger partial charge in [0.2, 0.25) is 5.91 Å². The van der Waals surface area contributed by atoms with Crippen LogP contribution in [0, 0.1) is 5.92 Å². The maximum absolute atomic E-state index is 12.2. The summed E-state index contributed by atoms with van der Waals surface area (Å²) in [5, 5.41) is 5.93. The molecule has 116 valence electrons. The number of nitrogens with one attached hydrogen (secondary N) is 2. The molecule has 0 spiro atoms. The quantitative estimate of drug-likeness (QED) is 0.797. The average molecular weight is 313 g/mol. The van der Waals surface area contributed by atoms with E-state index >= 15 is 0 Å². The molecule has 2 unspecified atom stereocenters. The van der Waals surface area contributed by atoms with E-state index in [1.165, 1.54) is 18.3 Å². The van der Waals surface area contributed by atoms with Crippen LogP contribution in [0.25, 0.3) is 0 Å². The fraction of sp³-hybridized carbons (Fsp3) is 0.538. The van der Waals surface area contributed by atoms with Crippen molar-refractivity contribution in [3.05, 3.63) is 18.3 Å². The van der Waals surface area contributed by atoms with Gasteiger partial charge in [-0.1, -0.05) is 6.92 Å². The summed E-state index contributed by atoms with van der Waals surface area (Å²) in [5.41, 5.74) is 0.467. The monoisotopic (exact) mass is 313 g/mol. The predicted molar refractivity (Wildman–Crippen MR) is 77.8 cm³/mol. The zero-order valence-electron chi connectivity index (χ0n) is 12.0. The second-order valence-corrected chi connectivity index (χ2v) is 6.92. The molecule has 0 bridgehead atoms. The van der Waals surface area contributed by atoms with Crippen LogP contribution in [0.5, 0.6) is 0 Å². The summed E-state index contributed by atoms with van der Waals surface area (Å²) >= 11 is 0. The summed E-state index contributed by atoms with van der Waals surface area (Å²) in [6.07, 6.45) is 2.43. The van der Waals surface area contributed by atoms with Gasteiger partial charge in [-0.15, -0.1) is 0 Å². The van der Waals surface area contributed by atoms with Crippen molar-refractivity contribution >= 4 is 21.4 Å². The topological polar surface area (TPSA) is 97.4 Å². The molecule has 0 radical (unpaired) electrons. The fourth-order valence-corrected chi connectivity index (χ4v) is 2.74. The minimum absolute atomic E-state index is 0.00162. The largest absolute Gasteiger partial charge is 0.379 e. The van der Waals surface area contributed by atoms with Gasteiger partial charge in [0.1, 0.15) is 0 Å². The summed E-state index contributed by atoms with van der Waals surface area (Å²) in [6, 6.07) is 2.90. The molecule has 2 atom stereocenters. The van der Waals surface area contributed by atoms with Gasteiger partial charge in [0.25, 0.3) is 0 Å². The highest BCUT2D eigenvalue weighted by atomic mass is 32.2. The third-order valence-corrected chi connectivity index (χ3v) is 4.27. The van der Waals surface area contributed by atoms with Crippen LogP contribution < -0.4 is 10.6 Å². The molecule has 1 aromatic heterocycles. The molecule has 1 saturated heterocycles. The number of carbonyl (C=O) groups excluding carboxylic acids is 1. The third kappa shape index (κ3) is 3.99. The number of hydrogen-bond acceptors (Lipinski definition) is 6. The lowest BCUT2D eigenvalue weighted by Crippen LogP contribution is -2.41. The van der Waals surface area contributed by atoms with E-state index in [-0.39, 0.29) is 22.9 Å². The van der Waals surface area contributed by atoms with Crippen molar-refractivity contribution in [3.63, 3.8) is 0 Å². The summed E-state index contributed by atoms with van der Waals surface area (Å²) in [7, 11) is -3.33. The van der Waals surface area contributed by atoms with Crippen LogP contribution in [-0.2, 0) is 19.4 Å². The van der Waals surface area contributed by atoms with Crippen molar-refractivity contribution < 1.29 is 17.9 Å². The van der Waals surface area contributed by atoms with Crippen molar-refractivity contribution in [1.82, 2.24) is 10.3 Å². The number of anilines is 1. The van der Waals surface area contributed by atoms with Gasteiger partial charge >= 0.3 is 0 Å². The van der Waals surface area contributed by atoms with E-state index in [0.717, 1.165) is 12.8 Å². The normalized spacial score (nSPS) is 22.2. The van der Waals surface area contributed by atoms with Crippen LogP contribution in [-0.4, -0.2) is 51.4 Å². The Labute approximate surface area is 124 Å². The first-order valence-electron chi connectivity index (χ1n) is 6.70. The number of amides is 1. The molecular formula is C13H19N3O4S. The van der Waals surface area contributed by atoms with Crippen molar-refractivity contribution in [2.24, 2.45) is 5.92 Å². The summed E-state index contributed by atoms with van der Waals surface area (Å²) < 4.78 is 28.0. The van der Waals surface area contributed by atoms with Gasteiger partial charge in [-0.05, 0) is 18.7 Å². The van der Waals surface area contributed by atoms with Gasteiger partial charge in [0.05, 0.1) is 31.0 Å². The number of hydrogen-bond donors (Lipinski definition) is 2. The molecule has 2 rings (SSSR count).